The predicted octanol–water partition coefficient (Wildman–Crippen LogP) is 3.39. The second kappa shape index (κ2) is 5.87. The number of benzene rings is 1. The number of hydrogen-bond donors (Lipinski definition) is 1. The van der Waals surface area contributed by atoms with Crippen molar-refractivity contribution in [2.24, 2.45) is 5.41 Å². The summed E-state index contributed by atoms with van der Waals surface area (Å²) in [6.45, 7) is 9.67. The molecule has 0 amide bonds. The van der Waals surface area contributed by atoms with Gasteiger partial charge in [-0.1, -0.05) is 38.1 Å². The monoisotopic (exact) mass is 272 g/mol. The standard InChI is InChI=1S/C18H28N2/c1-18(2)9-5-12-20(13-10-18)14-17-16-7-4-3-6-15(16)8-11-19-17/h3-4,6-7,17,19H,5,8-14H2,1-2H3. The van der Waals surface area contributed by atoms with Crippen LogP contribution in [-0.2, 0) is 6.42 Å². The van der Waals surface area contributed by atoms with Gasteiger partial charge in [-0.3, -0.25) is 0 Å². The number of fused-ring (bicyclic) bond motifs is 1. The van der Waals surface area contributed by atoms with Crippen molar-refractivity contribution in [1.29, 1.82) is 0 Å². The predicted molar refractivity (Wildman–Crippen MR) is 85.0 cm³/mol. The summed E-state index contributed by atoms with van der Waals surface area (Å²) in [4.78, 5) is 2.68. The molecular formula is C18H28N2. The number of rotatable bonds is 2. The van der Waals surface area contributed by atoms with E-state index in [-0.39, 0.29) is 0 Å². The Morgan fingerprint density at radius 3 is 2.95 bits per heavy atom. The fraction of sp³-hybridized carbons (Fsp3) is 0.667. The molecular weight excluding hydrogens is 244 g/mol. The zero-order chi connectivity index (χ0) is 14.0. The molecule has 0 spiro atoms. The number of hydrogen-bond acceptors (Lipinski definition) is 2. The third-order valence-corrected chi connectivity index (χ3v) is 5.09. The third-order valence-electron chi connectivity index (χ3n) is 5.09. The smallest absolute Gasteiger partial charge is 0.0452 e. The fourth-order valence-electron chi connectivity index (χ4n) is 3.68. The normalized spacial score (nSPS) is 26.8. The van der Waals surface area contributed by atoms with Gasteiger partial charge in [-0.15, -0.1) is 0 Å². The molecule has 0 aliphatic carbocycles. The molecule has 2 heterocycles. The molecule has 0 radical (unpaired) electrons. The Hall–Kier alpha value is -0.860. The SMILES string of the molecule is CC1(C)CCCN(CC2NCCc3ccccc32)CC1. The minimum atomic E-state index is 0.529. The van der Waals surface area contributed by atoms with Crippen LogP contribution in [0.15, 0.2) is 24.3 Å². The average molecular weight is 272 g/mol. The lowest BCUT2D eigenvalue weighted by Crippen LogP contribution is -2.39. The van der Waals surface area contributed by atoms with Gasteiger partial charge in [0.25, 0.3) is 0 Å². The van der Waals surface area contributed by atoms with Crippen LogP contribution < -0.4 is 5.32 Å². The van der Waals surface area contributed by atoms with Crippen LogP contribution in [0.1, 0.15) is 50.3 Å². The third kappa shape index (κ3) is 3.24. The maximum Gasteiger partial charge on any atom is 0.0452 e. The van der Waals surface area contributed by atoms with E-state index in [1.807, 2.05) is 0 Å². The van der Waals surface area contributed by atoms with Gasteiger partial charge in [0.05, 0.1) is 0 Å². The summed E-state index contributed by atoms with van der Waals surface area (Å²) in [5.74, 6) is 0. The first-order chi connectivity index (χ1) is 9.64. The Labute approximate surface area is 123 Å². The van der Waals surface area contributed by atoms with Crippen molar-refractivity contribution < 1.29 is 0 Å². The first kappa shape index (κ1) is 14.1. The molecule has 2 aliphatic rings. The highest BCUT2D eigenvalue weighted by Gasteiger charge is 2.26. The van der Waals surface area contributed by atoms with Crippen molar-refractivity contribution in [2.75, 3.05) is 26.2 Å². The molecule has 1 unspecified atom stereocenters. The summed E-state index contributed by atoms with van der Waals surface area (Å²) in [5, 5.41) is 3.72. The van der Waals surface area contributed by atoms with E-state index in [2.05, 4.69) is 48.3 Å². The van der Waals surface area contributed by atoms with Gasteiger partial charge in [-0.2, -0.15) is 0 Å². The minimum absolute atomic E-state index is 0.529. The van der Waals surface area contributed by atoms with Gasteiger partial charge in [0.2, 0.25) is 0 Å². The summed E-state index contributed by atoms with van der Waals surface area (Å²) >= 11 is 0. The van der Waals surface area contributed by atoms with E-state index < -0.39 is 0 Å². The van der Waals surface area contributed by atoms with Crippen molar-refractivity contribution in [3.05, 3.63) is 35.4 Å². The first-order valence-corrected chi connectivity index (χ1v) is 8.18. The Kier molecular flexibility index (Phi) is 4.13. The summed E-state index contributed by atoms with van der Waals surface area (Å²) in [6, 6.07) is 9.50. The van der Waals surface area contributed by atoms with Gasteiger partial charge in [0, 0.05) is 12.6 Å². The van der Waals surface area contributed by atoms with E-state index in [1.165, 1.54) is 50.9 Å². The van der Waals surface area contributed by atoms with E-state index in [0.29, 0.717) is 11.5 Å². The van der Waals surface area contributed by atoms with Crippen molar-refractivity contribution in [3.63, 3.8) is 0 Å². The minimum Gasteiger partial charge on any atom is -0.309 e. The summed E-state index contributed by atoms with van der Waals surface area (Å²) in [6.07, 6.45) is 5.24. The molecule has 1 aromatic carbocycles. The van der Waals surface area contributed by atoms with Crippen molar-refractivity contribution in [1.82, 2.24) is 10.2 Å². The average Bonchev–Trinajstić information content (AvgIpc) is 2.61. The van der Waals surface area contributed by atoms with Gasteiger partial charge in [0.1, 0.15) is 0 Å². The number of nitrogens with zero attached hydrogens (tertiary/aromatic N) is 1. The van der Waals surface area contributed by atoms with E-state index in [4.69, 9.17) is 0 Å². The summed E-state index contributed by atoms with van der Waals surface area (Å²) < 4.78 is 0. The second-order valence-electron chi connectivity index (χ2n) is 7.27. The lowest BCUT2D eigenvalue weighted by atomic mass is 9.85. The van der Waals surface area contributed by atoms with Crippen molar-refractivity contribution in [2.45, 2.75) is 45.6 Å². The largest absolute Gasteiger partial charge is 0.309 e. The van der Waals surface area contributed by atoms with Crippen molar-refractivity contribution in [3.8, 4) is 0 Å². The van der Waals surface area contributed by atoms with Crippen LogP contribution in [-0.4, -0.2) is 31.1 Å². The second-order valence-corrected chi connectivity index (χ2v) is 7.27. The van der Waals surface area contributed by atoms with Gasteiger partial charge < -0.3 is 10.2 Å². The molecule has 1 atom stereocenters. The Balaban J connectivity index is 1.67. The van der Waals surface area contributed by atoms with E-state index in [1.54, 1.807) is 5.56 Å². The Bertz CT molecular complexity index is 452. The van der Waals surface area contributed by atoms with E-state index in [0.717, 1.165) is 6.54 Å². The van der Waals surface area contributed by atoms with Crippen LogP contribution in [0, 0.1) is 5.41 Å². The van der Waals surface area contributed by atoms with Crippen LogP contribution in [0.3, 0.4) is 0 Å². The maximum absolute atomic E-state index is 3.72. The molecule has 1 N–H and O–H groups in total. The highest BCUT2D eigenvalue weighted by atomic mass is 15.2. The molecule has 3 rings (SSSR count). The zero-order valence-electron chi connectivity index (χ0n) is 13.0. The van der Waals surface area contributed by atoms with Crippen LogP contribution >= 0.6 is 0 Å². The molecule has 0 saturated carbocycles. The first-order valence-electron chi connectivity index (χ1n) is 8.18. The van der Waals surface area contributed by atoms with Gasteiger partial charge in [0.15, 0.2) is 0 Å². The summed E-state index contributed by atoms with van der Waals surface area (Å²) in [7, 11) is 0. The Morgan fingerprint density at radius 1 is 1.20 bits per heavy atom. The van der Waals surface area contributed by atoms with Gasteiger partial charge in [-0.05, 0) is 61.9 Å². The van der Waals surface area contributed by atoms with Crippen LogP contribution in [0.4, 0.5) is 0 Å². The molecule has 1 aromatic rings. The van der Waals surface area contributed by atoms with Crippen molar-refractivity contribution >= 4 is 0 Å². The quantitative estimate of drug-likeness (QED) is 0.888. The Morgan fingerprint density at radius 2 is 2.05 bits per heavy atom. The molecule has 0 bridgehead atoms. The number of likely N-dealkylation sites (tertiary alicyclic amines) is 1. The molecule has 2 nitrogen and oxygen atoms in total. The highest BCUT2D eigenvalue weighted by molar-refractivity contribution is 5.32. The topological polar surface area (TPSA) is 15.3 Å². The number of nitrogens with one attached hydrogen (secondary N) is 1. The molecule has 20 heavy (non-hydrogen) atoms. The van der Waals surface area contributed by atoms with Gasteiger partial charge in [-0.25, -0.2) is 0 Å². The summed E-state index contributed by atoms with van der Waals surface area (Å²) in [5.41, 5.74) is 3.61. The van der Waals surface area contributed by atoms with Crippen LogP contribution in [0.2, 0.25) is 0 Å². The van der Waals surface area contributed by atoms with Gasteiger partial charge >= 0.3 is 0 Å². The fourth-order valence-corrected chi connectivity index (χ4v) is 3.68. The molecule has 2 heteroatoms. The molecule has 110 valence electrons. The zero-order valence-corrected chi connectivity index (χ0v) is 13.0. The van der Waals surface area contributed by atoms with E-state index in [9.17, 15) is 0 Å². The molecule has 2 aliphatic heterocycles. The lowest BCUT2D eigenvalue weighted by molar-refractivity contribution is 0.234. The maximum atomic E-state index is 3.72. The van der Waals surface area contributed by atoms with Crippen LogP contribution in [0.5, 0.6) is 0 Å². The molecule has 1 fully saturated rings. The molecule has 0 aromatic heterocycles. The van der Waals surface area contributed by atoms with E-state index >= 15 is 0 Å². The molecule has 1 saturated heterocycles. The lowest BCUT2D eigenvalue weighted by Gasteiger charge is -2.32. The van der Waals surface area contributed by atoms with Crippen LogP contribution in [0.25, 0.3) is 0 Å². The highest BCUT2D eigenvalue weighted by Crippen LogP contribution is 2.31.